The van der Waals surface area contributed by atoms with Crippen LogP contribution in [0.4, 0.5) is 0 Å². The molecule has 2 amide bonds. The molecule has 0 aliphatic carbocycles. The summed E-state index contributed by atoms with van der Waals surface area (Å²) in [5.74, 6) is -0.798. The van der Waals surface area contributed by atoms with Crippen LogP contribution < -0.4 is 10.9 Å². The van der Waals surface area contributed by atoms with Gasteiger partial charge in [0.1, 0.15) is 11.4 Å². The molecular weight excluding hydrogens is 428 g/mol. The third-order valence-electron chi connectivity index (χ3n) is 4.74. The molecule has 2 heterocycles. The second-order valence-corrected chi connectivity index (χ2v) is 7.01. The van der Waals surface area contributed by atoms with E-state index >= 15 is 0 Å². The number of nitrogens with one attached hydrogen (secondary N) is 2. The van der Waals surface area contributed by atoms with E-state index in [0.717, 1.165) is 0 Å². The number of pyridine rings is 2. The number of hydrazone groups is 2. The van der Waals surface area contributed by atoms with Gasteiger partial charge in [-0.2, -0.15) is 10.2 Å². The van der Waals surface area contributed by atoms with Crippen LogP contribution in [0.5, 0.6) is 0 Å². The fourth-order valence-electron chi connectivity index (χ4n) is 3.05. The zero-order valence-electron chi connectivity index (χ0n) is 18.0. The van der Waals surface area contributed by atoms with Crippen LogP contribution in [0, 0.1) is 0 Å². The van der Waals surface area contributed by atoms with Gasteiger partial charge >= 0.3 is 0 Å². The maximum absolute atomic E-state index is 12.6. The first-order valence-corrected chi connectivity index (χ1v) is 10.4. The number of hydrogen-bond donors (Lipinski definition) is 2. The molecule has 0 bridgehead atoms. The van der Waals surface area contributed by atoms with Crippen LogP contribution in [-0.4, -0.2) is 33.2 Å². The topological polar surface area (TPSA) is 109 Å². The van der Waals surface area contributed by atoms with Gasteiger partial charge in [0.2, 0.25) is 0 Å². The summed E-state index contributed by atoms with van der Waals surface area (Å²) >= 11 is 0. The average Bonchev–Trinajstić information content (AvgIpc) is 2.92. The van der Waals surface area contributed by atoms with Crippen molar-refractivity contribution < 1.29 is 9.59 Å². The standard InChI is InChI=1S/C26H20N6O2/c33-25(21-11-15-27-16-12-21)31-29-23(19-7-3-1-4-8-19)24(20-9-5-2-6-10-20)30-32-26(34)22-13-17-28-18-14-22/h1-18H,(H,31,33)(H,32,34)/b29-23+,30-24+. The average molecular weight is 448 g/mol. The number of rotatable bonds is 7. The van der Waals surface area contributed by atoms with Gasteiger partial charge in [0.05, 0.1) is 0 Å². The summed E-state index contributed by atoms with van der Waals surface area (Å²) in [6.45, 7) is 0. The Morgan fingerprint density at radius 2 is 0.853 bits per heavy atom. The van der Waals surface area contributed by atoms with Crippen molar-refractivity contribution in [1.82, 2.24) is 20.8 Å². The summed E-state index contributed by atoms with van der Waals surface area (Å²) in [5, 5.41) is 8.80. The highest BCUT2D eigenvalue weighted by atomic mass is 16.2. The van der Waals surface area contributed by atoms with Crippen molar-refractivity contribution in [2.24, 2.45) is 10.2 Å². The maximum atomic E-state index is 12.6. The van der Waals surface area contributed by atoms with Gasteiger partial charge in [-0.05, 0) is 24.3 Å². The van der Waals surface area contributed by atoms with E-state index in [4.69, 9.17) is 0 Å². The Labute approximate surface area is 196 Å². The molecule has 0 aliphatic rings. The molecule has 0 fully saturated rings. The quantitative estimate of drug-likeness (QED) is 0.333. The SMILES string of the molecule is O=C(N/N=C(/C(=N/NC(=O)c1ccncc1)c1ccccc1)c1ccccc1)c1ccncc1. The maximum Gasteiger partial charge on any atom is 0.271 e. The predicted molar refractivity (Wildman–Crippen MR) is 129 cm³/mol. The first kappa shape index (κ1) is 22.2. The summed E-state index contributed by atoms with van der Waals surface area (Å²) in [4.78, 5) is 33.1. The van der Waals surface area contributed by atoms with Crippen molar-refractivity contribution in [3.05, 3.63) is 132 Å². The highest BCUT2D eigenvalue weighted by Crippen LogP contribution is 2.11. The lowest BCUT2D eigenvalue weighted by Gasteiger charge is -2.12. The highest BCUT2D eigenvalue weighted by molar-refractivity contribution is 6.53. The Hall–Kier alpha value is -4.98. The minimum atomic E-state index is -0.399. The van der Waals surface area contributed by atoms with Gasteiger partial charge < -0.3 is 0 Å². The fourth-order valence-corrected chi connectivity index (χ4v) is 3.05. The first-order valence-electron chi connectivity index (χ1n) is 10.4. The lowest BCUT2D eigenvalue weighted by Crippen LogP contribution is -2.28. The first-order chi connectivity index (χ1) is 16.7. The van der Waals surface area contributed by atoms with E-state index in [1.807, 2.05) is 60.7 Å². The largest absolute Gasteiger partial charge is 0.271 e. The van der Waals surface area contributed by atoms with E-state index in [-0.39, 0.29) is 0 Å². The van der Waals surface area contributed by atoms with Crippen LogP contribution in [0.15, 0.2) is 120 Å². The summed E-state index contributed by atoms with van der Waals surface area (Å²) in [5.41, 5.74) is 8.17. The highest BCUT2D eigenvalue weighted by Gasteiger charge is 2.17. The summed E-state index contributed by atoms with van der Waals surface area (Å²) in [6.07, 6.45) is 6.12. The third kappa shape index (κ3) is 5.63. The van der Waals surface area contributed by atoms with Crippen molar-refractivity contribution in [2.45, 2.75) is 0 Å². The molecule has 166 valence electrons. The summed E-state index contributed by atoms with van der Waals surface area (Å²) in [6, 6.07) is 24.9. The molecule has 8 nitrogen and oxygen atoms in total. The second kappa shape index (κ2) is 11.1. The van der Waals surface area contributed by atoms with Gasteiger partial charge in [-0.25, -0.2) is 10.9 Å². The van der Waals surface area contributed by atoms with Crippen molar-refractivity contribution in [1.29, 1.82) is 0 Å². The Morgan fingerprint density at radius 3 is 1.21 bits per heavy atom. The molecule has 0 atom stereocenters. The van der Waals surface area contributed by atoms with Crippen LogP contribution in [0.2, 0.25) is 0 Å². The zero-order valence-corrected chi connectivity index (χ0v) is 18.0. The Morgan fingerprint density at radius 1 is 0.500 bits per heavy atom. The molecule has 34 heavy (non-hydrogen) atoms. The minimum absolute atomic E-state index is 0.379. The van der Waals surface area contributed by atoms with Gasteiger partial charge in [-0.1, -0.05) is 60.7 Å². The normalized spacial score (nSPS) is 11.5. The van der Waals surface area contributed by atoms with E-state index in [1.54, 1.807) is 24.3 Å². The summed E-state index contributed by atoms with van der Waals surface area (Å²) < 4.78 is 0. The van der Waals surface area contributed by atoms with Gasteiger partial charge in [0.25, 0.3) is 11.8 Å². The molecule has 0 radical (unpaired) electrons. The van der Waals surface area contributed by atoms with Crippen molar-refractivity contribution >= 4 is 23.2 Å². The molecule has 4 aromatic rings. The minimum Gasteiger partial charge on any atom is -0.267 e. The number of benzene rings is 2. The lowest BCUT2D eigenvalue weighted by molar-refractivity contribution is 0.0946. The van der Waals surface area contributed by atoms with Gasteiger partial charge in [0.15, 0.2) is 0 Å². The van der Waals surface area contributed by atoms with E-state index < -0.39 is 11.8 Å². The molecular formula is C26H20N6O2. The molecule has 8 heteroatoms. The van der Waals surface area contributed by atoms with Gasteiger partial charge in [0, 0.05) is 47.0 Å². The molecule has 2 aromatic carbocycles. The van der Waals surface area contributed by atoms with Crippen molar-refractivity contribution in [3.63, 3.8) is 0 Å². The fraction of sp³-hybridized carbons (Fsp3) is 0. The zero-order chi connectivity index (χ0) is 23.6. The third-order valence-corrected chi connectivity index (χ3v) is 4.74. The van der Waals surface area contributed by atoms with E-state index in [2.05, 4.69) is 31.0 Å². The number of amides is 2. The van der Waals surface area contributed by atoms with Crippen LogP contribution in [0.3, 0.4) is 0 Å². The van der Waals surface area contributed by atoms with E-state index in [1.165, 1.54) is 24.8 Å². The van der Waals surface area contributed by atoms with Crippen molar-refractivity contribution in [2.75, 3.05) is 0 Å². The second-order valence-electron chi connectivity index (χ2n) is 7.01. The van der Waals surface area contributed by atoms with Gasteiger partial charge in [-0.15, -0.1) is 0 Å². The van der Waals surface area contributed by atoms with Crippen molar-refractivity contribution in [3.8, 4) is 0 Å². The lowest BCUT2D eigenvalue weighted by atomic mass is 10.00. The van der Waals surface area contributed by atoms with E-state index in [0.29, 0.717) is 33.7 Å². The summed E-state index contributed by atoms with van der Waals surface area (Å²) in [7, 11) is 0. The van der Waals surface area contributed by atoms with Crippen LogP contribution >= 0.6 is 0 Å². The molecule has 0 saturated heterocycles. The number of carbonyl (C=O) groups is 2. The molecule has 0 saturated carbocycles. The molecule has 0 unspecified atom stereocenters. The Balaban J connectivity index is 1.73. The monoisotopic (exact) mass is 448 g/mol. The number of carbonyl (C=O) groups excluding carboxylic acids is 2. The Kier molecular flexibility index (Phi) is 7.22. The number of nitrogens with zero attached hydrogens (tertiary/aromatic N) is 4. The smallest absolute Gasteiger partial charge is 0.267 e. The van der Waals surface area contributed by atoms with Crippen LogP contribution in [-0.2, 0) is 0 Å². The molecule has 2 N–H and O–H groups in total. The predicted octanol–water partition coefficient (Wildman–Crippen LogP) is 3.45. The number of hydrogen-bond acceptors (Lipinski definition) is 6. The van der Waals surface area contributed by atoms with Crippen LogP contribution in [0.1, 0.15) is 31.8 Å². The van der Waals surface area contributed by atoms with Gasteiger partial charge in [-0.3, -0.25) is 19.6 Å². The molecule has 0 aliphatic heterocycles. The van der Waals surface area contributed by atoms with Crippen LogP contribution in [0.25, 0.3) is 0 Å². The molecule has 4 rings (SSSR count). The Bertz CT molecular complexity index is 1200. The number of aromatic nitrogens is 2. The van der Waals surface area contributed by atoms with E-state index in [9.17, 15) is 9.59 Å². The molecule has 0 spiro atoms. The molecule has 2 aromatic heterocycles.